The third-order valence-electron chi connectivity index (χ3n) is 4.85. The molecule has 0 saturated carbocycles. The van der Waals surface area contributed by atoms with E-state index in [1.165, 1.54) is 17.0 Å². The van der Waals surface area contributed by atoms with Crippen molar-refractivity contribution >= 4 is 35.3 Å². The van der Waals surface area contributed by atoms with Gasteiger partial charge in [-0.3, -0.25) is 9.59 Å². The molecule has 0 bridgehead atoms. The van der Waals surface area contributed by atoms with Gasteiger partial charge in [0.2, 0.25) is 5.91 Å². The molecule has 1 fully saturated rings. The van der Waals surface area contributed by atoms with Crippen molar-refractivity contribution in [2.24, 2.45) is 0 Å². The van der Waals surface area contributed by atoms with Crippen LogP contribution >= 0.6 is 11.8 Å². The predicted octanol–water partition coefficient (Wildman–Crippen LogP) is 1.93. The topological polar surface area (TPSA) is 53.9 Å². The number of thioether (sulfide) groups is 1. The number of benzene rings is 2. The highest BCUT2D eigenvalue weighted by molar-refractivity contribution is 7.98. The molecule has 29 heavy (non-hydrogen) atoms. The highest BCUT2D eigenvalue weighted by atomic mass is 32.2. The first-order valence-electron chi connectivity index (χ1n) is 9.53. The zero-order valence-corrected chi connectivity index (χ0v) is 17.2. The van der Waals surface area contributed by atoms with Crippen molar-refractivity contribution in [3.05, 3.63) is 66.0 Å². The molecule has 1 saturated heterocycles. The zero-order valence-electron chi connectivity index (χ0n) is 16.4. The molecule has 0 spiro atoms. The number of carbonyl (C=O) groups is 2. The Bertz CT molecular complexity index is 861. The number of anilines is 1. The molecule has 1 aliphatic rings. The van der Waals surface area contributed by atoms with Crippen LogP contribution in [0.3, 0.4) is 0 Å². The first kappa shape index (κ1) is 21.1. The molecule has 152 valence electrons. The Morgan fingerprint density at radius 2 is 1.76 bits per heavy atom. The molecule has 2 amide bonds. The van der Waals surface area contributed by atoms with Crippen molar-refractivity contribution < 1.29 is 18.9 Å². The molecular weight excluding hydrogens is 389 g/mol. The summed E-state index contributed by atoms with van der Waals surface area (Å²) in [6, 6.07) is 13.8. The third kappa shape index (κ3) is 6.44. The maximum absolute atomic E-state index is 12.9. The maximum Gasteiger partial charge on any atom is 0.279 e. The number of carbonyl (C=O) groups excluding carboxylic acids is 2. The average Bonchev–Trinajstić information content (AvgIpc) is 2.74. The van der Waals surface area contributed by atoms with E-state index in [1.54, 1.807) is 30.0 Å². The molecule has 5 nitrogen and oxygen atoms in total. The van der Waals surface area contributed by atoms with Gasteiger partial charge in [0.25, 0.3) is 5.91 Å². The van der Waals surface area contributed by atoms with Crippen LogP contribution in [0.1, 0.15) is 5.56 Å². The fraction of sp³-hybridized carbons (Fsp3) is 0.273. The molecule has 7 heteroatoms. The van der Waals surface area contributed by atoms with Crippen LogP contribution < -0.4 is 10.2 Å². The normalized spacial score (nSPS) is 14.9. The van der Waals surface area contributed by atoms with Crippen molar-refractivity contribution in [2.75, 3.05) is 44.3 Å². The van der Waals surface area contributed by atoms with Gasteiger partial charge < -0.3 is 15.1 Å². The summed E-state index contributed by atoms with van der Waals surface area (Å²) in [5.74, 6) is -0.450. The number of amides is 2. The van der Waals surface area contributed by atoms with Crippen LogP contribution in [0.25, 0.3) is 6.08 Å². The highest BCUT2D eigenvalue weighted by Crippen LogP contribution is 2.15. The van der Waals surface area contributed by atoms with Gasteiger partial charge in [-0.1, -0.05) is 12.1 Å². The lowest BCUT2D eigenvalue weighted by Crippen LogP contribution is -3.15. The van der Waals surface area contributed by atoms with E-state index < -0.39 is 0 Å². The summed E-state index contributed by atoms with van der Waals surface area (Å²) in [6.45, 7) is 3.01. The van der Waals surface area contributed by atoms with Crippen molar-refractivity contribution in [2.45, 2.75) is 4.90 Å². The van der Waals surface area contributed by atoms with Gasteiger partial charge in [-0.05, 0) is 54.3 Å². The molecule has 0 unspecified atom stereocenters. The first-order valence-corrected chi connectivity index (χ1v) is 10.8. The van der Waals surface area contributed by atoms with E-state index in [1.807, 2.05) is 41.5 Å². The second kappa shape index (κ2) is 10.2. The zero-order chi connectivity index (χ0) is 20.6. The minimum atomic E-state index is -0.333. The smallest absolute Gasteiger partial charge is 0.279 e. The molecule has 0 atom stereocenters. The molecule has 1 aliphatic heterocycles. The number of piperazine rings is 1. The Kier molecular flexibility index (Phi) is 7.43. The van der Waals surface area contributed by atoms with E-state index >= 15 is 0 Å². The average molecular weight is 415 g/mol. The number of hydrogen-bond acceptors (Lipinski definition) is 3. The Hall–Kier alpha value is -2.64. The van der Waals surface area contributed by atoms with Crippen LogP contribution in [0.4, 0.5) is 10.1 Å². The van der Waals surface area contributed by atoms with Crippen LogP contribution in [-0.2, 0) is 9.59 Å². The van der Waals surface area contributed by atoms with Gasteiger partial charge in [-0.15, -0.1) is 11.8 Å². The number of rotatable bonds is 6. The van der Waals surface area contributed by atoms with E-state index in [9.17, 15) is 14.0 Å². The molecule has 0 radical (unpaired) electrons. The Labute approximate surface area is 174 Å². The Balaban J connectivity index is 1.43. The summed E-state index contributed by atoms with van der Waals surface area (Å²) in [7, 11) is 0. The summed E-state index contributed by atoms with van der Waals surface area (Å²) >= 11 is 1.68. The molecule has 2 aromatic rings. The minimum absolute atomic E-state index is 0.00578. The van der Waals surface area contributed by atoms with Gasteiger partial charge in [0.15, 0.2) is 6.54 Å². The maximum atomic E-state index is 12.9. The molecule has 2 aromatic carbocycles. The summed E-state index contributed by atoms with van der Waals surface area (Å²) < 4.78 is 12.9. The van der Waals surface area contributed by atoms with Crippen LogP contribution in [0, 0.1) is 5.82 Å². The van der Waals surface area contributed by atoms with E-state index in [0.29, 0.717) is 25.3 Å². The third-order valence-corrected chi connectivity index (χ3v) is 5.60. The monoisotopic (exact) mass is 414 g/mol. The number of hydrogen-bond donors (Lipinski definition) is 2. The molecule has 0 aromatic heterocycles. The molecule has 0 aliphatic carbocycles. The standard InChI is InChI=1S/C22H24FN3O2S/c1-29-20-9-2-17(3-10-20)4-11-22(28)26-14-12-25(13-15-26)16-21(27)24-19-7-5-18(23)6-8-19/h2-11H,12-16H2,1H3,(H,24,27)/p+1/b11-4+. The van der Waals surface area contributed by atoms with E-state index in [4.69, 9.17) is 0 Å². The predicted molar refractivity (Wildman–Crippen MR) is 114 cm³/mol. The van der Waals surface area contributed by atoms with Gasteiger partial charge in [0.1, 0.15) is 5.82 Å². The Morgan fingerprint density at radius 3 is 2.38 bits per heavy atom. The molecule has 3 rings (SSSR count). The minimum Gasteiger partial charge on any atom is -0.328 e. The number of halogens is 1. The second-order valence-corrected chi connectivity index (χ2v) is 7.79. The summed E-state index contributed by atoms with van der Waals surface area (Å²) in [5, 5.41) is 2.78. The molecule has 2 N–H and O–H groups in total. The number of nitrogens with zero attached hydrogens (tertiary/aromatic N) is 1. The van der Waals surface area contributed by atoms with E-state index in [2.05, 4.69) is 5.32 Å². The number of quaternary nitrogens is 1. The van der Waals surface area contributed by atoms with Crippen LogP contribution in [0.2, 0.25) is 0 Å². The Morgan fingerprint density at radius 1 is 1.10 bits per heavy atom. The van der Waals surface area contributed by atoms with Crippen LogP contribution in [-0.4, -0.2) is 55.7 Å². The van der Waals surface area contributed by atoms with Crippen molar-refractivity contribution in [1.29, 1.82) is 0 Å². The van der Waals surface area contributed by atoms with Gasteiger partial charge in [-0.25, -0.2) is 4.39 Å². The lowest BCUT2D eigenvalue weighted by molar-refractivity contribution is -0.895. The van der Waals surface area contributed by atoms with Crippen molar-refractivity contribution in [3.63, 3.8) is 0 Å². The van der Waals surface area contributed by atoms with E-state index in [0.717, 1.165) is 23.6 Å². The van der Waals surface area contributed by atoms with Gasteiger partial charge >= 0.3 is 0 Å². The first-order chi connectivity index (χ1) is 14.0. The molecule has 1 heterocycles. The largest absolute Gasteiger partial charge is 0.328 e. The lowest BCUT2D eigenvalue weighted by Gasteiger charge is -2.31. The van der Waals surface area contributed by atoms with Crippen molar-refractivity contribution in [3.8, 4) is 0 Å². The van der Waals surface area contributed by atoms with Crippen LogP contribution in [0.5, 0.6) is 0 Å². The summed E-state index contributed by atoms with van der Waals surface area (Å²) in [6.07, 6.45) is 5.48. The quantitative estimate of drug-likeness (QED) is 0.561. The lowest BCUT2D eigenvalue weighted by atomic mass is 10.2. The van der Waals surface area contributed by atoms with Gasteiger partial charge in [-0.2, -0.15) is 0 Å². The molecular formula is C22H25FN3O2S+. The second-order valence-electron chi connectivity index (χ2n) is 6.91. The summed E-state index contributed by atoms with van der Waals surface area (Å²) in [5.41, 5.74) is 1.58. The summed E-state index contributed by atoms with van der Waals surface area (Å²) in [4.78, 5) is 28.7. The number of nitrogens with one attached hydrogen (secondary N) is 2. The fourth-order valence-corrected chi connectivity index (χ4v) is 3.58. The van der Waals surface area contributed by atoms with E-state index in [-0.39, 0.29) is 17.6 Å². The van der Waals surface area contributed by atoms with Gasteiger partial charge in [0, 0.05) is 16.7 Å². The van der Waals surface area contributed by atoms with Crippen molar-refractivity contribution in [1.82, 2.24) is 4.90 Å². The SMILES string of the molecule is CSc1ccc(/C=C/C(=O)N2CC[NH+](CC(=O)Nc3ccc(F)cc3)CC2)cc1. The van der Waals surface area contributed by atoms with Gasteiger partial charge in [0.05, 0.1) is 26.2 Å². The van der Waals surface area contributed by atoms with Crippen LogP contribution in [0.15, 0.2) is 59.5 Å². The fourth-order valence-electron chi connectivity index (χ4n) is 3.17. The highest BCUT2D eigenvalue weighted by Gasteiger charge is 2.24.